The Bertz CT molecular complexity index is 1000. The van der Waals surface area contributed by atoms with Crippen LogP contribution in [-0.4, -0.2) is 41.4 Å². The average Bonchev–Trinajstić information content (AvgIpc) is 2.73. The monoisotopic (exact) mass is 378 g/mol. The van der Waals surface area contributed by atoms with Gasteiger partial charge in [-0.05, 0) is 36.4 Å². The number of hydrogen-bond acceptors (Lipinski definition) is 7. The lowest BCUT2D eigenvalue weighted by Gasteiger charge is -2.05. The summed E-state index contributed by atoms with van der Waals surface area (Å²) < 4.78 is 10.2. The summed E-state index contributed by atoms with van der Waals surface area (Å²) in [7, 11) is 3.08. The molecular formula is C20H18N4O4. The number of carbonyl (C=O) groups is 1. The zero-order valence-electron chi connectivity index (χ0n) is 15.3. The van der Waals surface area contributed by atoms with Gasteiger partial charge in [-0.25, -0.2) is 10.4 Å². The number of hydrazone groups is 1. The summed E-state index contributed by atoms with van der Waals surface area (Å²) in [6.07, 6.45) is 4.32. The van der Waals surface area contributed by atoms with Crippen LogP contribution in [0.4, 0.5) is 0 Å². The third-order valence-corrected chi connectivity index (χ3v) is 3.78. The molecule has 0 aliphatic rings. The number of aromatic hydroxyl groups is 1. The van der Waals surface area contributed by atoms with Crippen molar-refractivity contribution in [2.75, 3.05) is 14.2 Å². The number of phenolic OH excluding ortho intramolecular Hbond substituents is 1. The minimum Gasteiger partial charge on any atom is -0.508 e. The normalized spacial score (nSPS) is 10.6. The van der Waals surface area contributed by atoms with E-state index in [0.29, 0.717) is 17.0 Å². The van der Waals surface area contributed by atoms with Crippen molar-refractivity contribution >= 4 is 12.1 Å². The van der Waals surface area contributed by atoms with Crippen molar-refractivity contribution in [1.82, 2.24) is 15.4 Å². The van der Waals surface area contributed by atoms with Gasteiger partial charge in [-0.15, -0.1) is 0 Å². The van der Waals surface area contributed by atoms with Crippen LogP contribution in [0.25, 0.3) is 11.3 Å². The Morgan fingerprint density at radius 1 is 1.07 bits per heavy atom. The molecule has 8 nitrogen and oxygen atoms in total. The summed E-state index contributed by atoms with van der Waals surface area (Å²) >= 11 is 0. The Kier molecular flexibility index (Phi) is 5.81. The molecule has 8 heteroatoms. The molecule has 0 aliphatic carbocycles. The van der Waals surface area contributed by atoms with E-state index < -0.39 is 5.91 Å². The number of amides is 1. The van der Waals surface area contributed by atoms with Gasteiger partial charge in [0.25, 0.3) is 5.91 Å². The van der Waals surface area contributed by atoms with Gasteiger partial charge in [0.2, 0.25) is 0 Å². The molecule has 1 amide bonds. The number of methoxy groups -OCH3 is 2. The van der Waals surface area contributed by atoms with E-state index in [0.717, 1.165) is 11.3 Å². The molecule has 0 unspecified atom stereocenters. The third kappa shape index (κ3) is 4.61. The van der Waals surface area contributed by atoms with Crippen molar-refractivity contribution in [3.8, 4) is 28.5 Å². The fraction of sp³-hybridized carbons (Fsp3) is 0.100. The molecule has 0 fully saturated rings. The molecule has 3 aromatic rings. The molecule has 0 radical (unpaired) electrons. The summed E-state index contributed by atoms with van der Waals surface area (Å²) in [6, 6.07) is 11.9. The molecule has 0 saturated carbocycles. The number of nitrogens with one attached hydrogen (secondary N) is 1. The molecule has 1 heterocycles. The second kappa shape index (κ2) is 8.63. The highest BCUT2D eigenvalue weighted by atomic mass is 16.5. The van der Waals surface area contributed by atoms with Crippen molar-refractivity contribution in [3.05, 3.63) is 66.1 Å². The number of carbonyl (C=O) groups excluding carboxylic acids is 1. The fourth-order valence-electron chi connectivity index (χ4n) is 2.40. The quantitative estimate of drug-likeness (QED) is 0.505. The third-order valence-electron chi connectivity index (χ3n) is 3.78. The van der Waals surface area contributed by atoms with Gasteiger partial charge in [-0.1, -0.05) is 0 Å². The molecular weight excluding hydrogens is 360 g/mol. The van der Waals surface area contributed by atoms with E-state index in [1.165, 1.54) is 31.7 Å². The zero-order valence-corrected chi connectivity index (χ0v) is 15.3. The van der Waals surface area contributed by atoms with E-state index in [4.69, 9.17) is 9.47 Å². The average molecular weight is 378 g/mol. The molecule has 0 spiro atoms. The summed E-state index contributed by atoms with van der Waals surface area (Å²) in [5, 5.41) is 13.5. The first-order chi connectivity index (χ1) is 13.6. The van der Waals surface area contributed by atoms with Gasteiger partial charge in [0.1, 0.15) is 22.9 Å². The molecule has 0 saturated heterocycles. The Morgan fingerprint density at radius 3 is 2.54 bits per heavy atom. The predicted octanol–water partition coefficient (Wildman–Crippen LogP) is 2.63. The van der Waals surface area contributed by atoms with Crippen molar-refractivity contribution in [2.45, 2.75) is 0 Å². The Labute approximate surface area is 161 Å². The molecule has 142 valence electrons. The van der Waals surface area contributed by atoms with Gasteiger partial charge in [0.05, 0.1) is 38.5 Å². The molecule has 2 aromatic carbocycles. The Morgan fingerprint density at radius 2 is 1.82 bits per heavy atom. The van der Waals surface area contributed by atoms with E-state index in [1.807, 2.05) is 12.1 Å². The van der Waals surface area contributed by atoms with Gasteiger partial charge in [0.15, 0.2) is 0 Å². The largest absolute Gasteiger partial charge is 0.508 e. The number of hydrogen-bond donors (Lipinski definition) is 2. The number of aromatic nitrogens is 2. The maximum Gasteiger partial charge on any atom is 0.291 e. The number of ether oxygens (including phenoxy) is 2. The summed E-state index contributed by atoms with van der Waals surface area (Å²) in [4.78, 5) is 20.7. The molecule has 2 N–H and O–H groups in total. The van der Waals surface area contributed by atoms with Crippen molar-refractivity contribution in [3.63, 3.8) is 0 Å². The number of phenols is 1. The maximum atomic E-state index is 12.3. The molecule has 28 heavy (non-hydrogen) atoms. The highest BCUT2D eigenvalue weighted by Crippen LogP contribution is 2.21. The minimum atomic E-state index is -0.508. The van der Waals surface area contributed by atoms with E-state index in [2.05, 4.69) is 20.5 Å². The standard InChI is InChI=1S/C20H18N4O4/c1-27-16-5-3-14(4-6-16)18-11-21-12-19(23-18)20(26)24-22-10-13-7-15(25)9-17(8-13)28-2/h3-12,25H,1-2H3,(H,24,26)/b22-10+. The Hall–Kier alpha value is -3.94. The summed E-state index contributed by atoms with van der Waals surface area (Å²) in [5.74, 6) is 0.728. The van der Waals surface area contributed by atoms with Crippen LogP contribution in [0.5, 0.6) is 17.2 Å². The van der Waals surface area contributed by atoms with E-state index in [1.54, 1.807) is 31.5 Å². The lowest BCUT2D eigenvalue weighted by atomic mass is 10.1. The first-order valence-electron chi connectivity index (χ1n) is 8.27. The SMILES string of the molecule is COc1ccc(-c2cncc(C(=O)N/N=C/c3cc(O)cc(OC)c3)n2)cc1. The lowest BCUT2D eigenvalue weighted by molar-refractivity contribution is 0.0950. The smallest absolute Gasteiger partial charge is 0.291 e. The van der Waals surface area contributed by atoms with Gasteiger partial charge in [-0.3, -0.25) is 9.78 Å². The van der Waals surface area contributed by atoms with Crippen LogP contribution >= 0.6 is 0 Å². The first-order valence-corrected chi connectivity index (χ1v) is 8.27. The first kappa shape index (κ1) is 18.8. The molecule has 0 aliphatic heterocycles. The number of benzene rings is 2. The van der Waals surface area contributed by atoms with Crippen molar-refractivity contribution < 1.29 is 19.4 Å². The van der Waals surface area contributed by atoms with Gasteiger partial charge < -0.3 is 14.6 Å². The number of nitrogens with zero attached hydrogens (tertiary/aromatic N) is 3. The van der Waals surface area contributed by atoms with Crippen molar-refractivity contribution in [2.24, 2.45) is 5.10 Å². The summed E-state index contributed by atoms with van der Waals surface area (Å²) in [5.41, 5.74) is 4.43. The van der Waals surface area contributed by atoms with E-state index >= 15 is 0 Å². The topological polar surface area (TPSA) is 106 Å². The second-order valence-corrected chi connectivity index (χ2v) is 5.68. The molecule has 0 atom stereocenters. The summed E-state index contributed by atoms with van der Waals surface area (Å²) in [6.45, 7) is 0. The maximum absolute atomic E-state index is 12.3. The fourth-order valence-corrected chi connectivity index (χ4v) is 2.40. The van der Waals surface area contributed by atoms with Crippen LogP contribution in [0, 0.1) is 0 Å². The van der Waals surface area contributed by atoms with Crippen LogP contribution < -0.4 is 14.9 Å². The zero-order chi connectivity index (χ0) is 19.9. The van der Waals surface area contributed by atoms with Crippen molar-refractivity contribution in [1.29, 1.82) is 0 Å². The van der Waals surface area contributed by atoms with Gasteiger partial charge >= 0.3 is 0 Å². The van der Waals surface area contributed by atoms with E-state index in [-0.39, 0.29) is 11.4 Å². The molecule has 1 aromatic heterocycles. The molecule has 0 bridgehead atoms. The van der Waals surface area contributed by atoms with Crippen LogP contribution in [0.3, 0.4) is 0 Å². The van der Waals surface area contributed by atoms with Crippen LogP contribution in [0.1, 0.15) is 16.1 Å². The van der Waals surface area contributed by atoms with Gasteiger partial charge in [-0.2, -0.15) is 5.10 Å². The minimum absolute atomic E-state index is 0.0326. The van der Waals surface area contributed by atoms with Crippen LogP contribution in [0.15, 0.2) is 60.0 Å². The van der Waals surface area contributed by atoms with Gasteiger partial charge in [0, 0.05) is 17.2 Å². The predicted molar refractivity (Wildman–Crippen MR) is 104 cm³/mol. The lowest BCUT2D eigenvalue weighted by Crippen LogP contribution is -2.19. The highest BCUT2D eigenvalue weighted by molar-refractivity contribution is 5.93. The Balaban J connectivity index is 1.71. The highest BCUT2D eigenvalue weighted by Gasteiger charge is 2.09. The van der Waals surface area contributed by atoms with Crippen LogP contribution in [-0.2, 0) is 0 Å². The molecule has 3 rings (SSSR count). The second-order valence-electron chi connectivity index (χ2n) is 5.68. The van der Waals surface area contributed by atoms with Crippen LogP contribution in [0.2, 0.25) is 0 Å². The van der Waals surface area contributed by atoms with E-state index in [9.17, 15) is 9.90 Å². The number of rotatable bonds is 6.